The first-order valence-corrected chi connectivity index (χ1v) is 8.69. The third kappa shape index (κ3) is 6.27. The van der Waals surface area contributed by atoms with E-state index in [2.05, 4.69) is 0 Å². The van der Waals surface area contributed by atoms with Gasteiger partial charge in [-0.15, -0.1) is 0 Å². The molecular weight excluding hydrogens is 350 g/mol. The largest absolute Gasteiger partial charge is 0.506 e. The predicted molar refractivity (Wildman–Crippen MR) is 102 cm³/mol. The Bertz CT molecular complexity index is 746. The lowest BCUT2D eigenvalue weighted by Crippen LogP contribution is -2.40. The number of hydrogen-bond acceptors (Lipinski definition) is 5. The van der Waals surface area contributed by atoms with E-state index in [0.717, 1.165) is 16.0 Å². The molecule has 0 heterocycles. The zero-order chi connectivity index (χ0) is 21.2. The molecule has 27 heavy (non-hydrogen) atoms. The number of carbonyl (C=O) groups excluding carboxylic acids is 2. The van der Waals surface area contributed by atoms with Crippen LogP contribution in [0.2, 0.25) is 0 Å². The smallest absolute Gasteiger partial charge is 0.450 e. The lowest BCUT2D eigenvalue weighted by atomic mass is 9.92. The topological polar surface area (TPSA) is 93.1 Å². The summed E-state index contributed by atoms with van der Waals surface area (Å²) in [4.78, 5) is 36.8. The molecule has 150 valence electrons. The second kappa shape index (κ2) is 7.98. The van der Waals surface area contributed by atoms with E-state index in [-0.39, 0.29) is 0 Å². The van der Waals surface area contributed by atoms with E-state index in [1.54, 1.807) is 54.5 Å². The minimum absolute atomic E-state index is 0.290. The zero-order valence-corrected chi connectivity index (χ0v) is 17.3. The summed E-state index contributed by atoms with van der Waals surface area (Å²) >= 11 is 0. The van der Waals surface area contributed by atoms with Crippen LogP contribution in [0.15, 0.2) is 12.1 Å². The van der Waals surface area contributed by atoms with E-state index in [0.29, 0.717) is 17.7 Å². The van der Waals surface area contributed by atoms with Crippen LogP contribution >= 0.6 is 0 Å². The molecule has 0 atom stereocenters. The van der Waals surface area contributed by atoms with Crippen molar-refractivity contribution in [2.24, 2.45) is 0 Å². The third-order valence-corrected chi connectivity index (χ3v) is 3.84. The number of benzene rings is 1. The van der Waals surface area contributed by atoms with Gasteiger partial charge in [0, 0.05) is 13.3 Å². The molecule has 7 heteroatoms. The van der Waals surface area contributed by atoms with Crippen LogP contribution in [0.1, 0.15) is 58.2 Å². The van der Waals surface area contributed by atoms with Crippen LogP contribution < -0.4 is 4.90 Å². The van der Waals surface area contributed by atoms with Gasteiger partial charge in [0.05, 0.1) is 5.69 Å². The van der Waals surface area contributed by atoms with Gasteiger partial charge in [-0.05, 0) is 65.2 Å². The van der Waals surface area contributed by atoms with Crippen LogP contribution in [-0.4, -0.2) is 34.5 Å². The highest BCUT2D eigenvalue weighted by Crippen LogP contribution is 2.31. The summed E-state index contributed by atoms with van der Waals surface area (Å²) < 4.78 is 10.3. The molecule has 7 nitrogen and oxygen atoms in total. The minimum atomic E-state index is -1.36. The van der Waals surface area contributed by atoms with Crippen LogP contribution in [-0.2, 0) is 20.7 Å². The summed E-state index contributed by atoms with van der Waals surface area (Å²) in [5, 5.41) is 8.90. The lowest BCUT2D eigenvalue weighted by molar-refractivity contribution is -0.116. The van der Waals surface area contributed by atoms with Crippen molar-refractivity contribution in [1.82, 2.24) is 0 Å². The standard InChI is InChI=1S/C20H29NO6/c1-12-9-10-15(11-20(7,8)27-18(24)25)13(2)16(12)21(14(3)22)17(23)26-19(4,5)6/h9-10H,11H2,1-8H3,(H,24,25). The molecule has 0 unspecified atom stereocenters. The zero-order valence-electron chi connectivity index (χ0n) is 17.3. The maximum absolute atomic E-state index is 12.6. The second-order valence-corrected chi connectivity index (χ2v) is 8.15. The number of imide groups is 1. The molecule has 0 radical (unpaired) electrons. The molecular formula is C20H29NO6. The maximum Gasteiger partial charge on any atom is 0.506 e. The summed E-state index contributed by atoms with van der Waals surface area (Å²) in [6, 6.07) is 3.63. The molecule has 1 aromatic carbocycles. The van der Waals surface area contributed by atoms with Crippen molar-refractivity contribution in [3.05, 3.63) is 28.8 Å². The average molecular weight is 379 g/mol. The van der Waals surface area contributed by atoms with Crippen molar-refractivity contribution in [2.45, 2.75) is 73.0 Å². The molecule has 1 aromatic rings. The van der Waals surface area contributed by atoms with E-state index >= 15 is 0 Å². The van der Waals surface area contributed by atoms with Gasteiger partial charge in [-0.1, -0.05) is 12.1 Å². The van der Waals surface area contributed by atoms with Crippen LogP contribution in [0.5, 0.6) is 0 Å². The lowest BCUT2D eigenvalue weighted by Gasteiger charge is -2.29. The number of hydrogen-bond donors (Lipinski definition) is 1. The maximum atomic E-state index is 12.6. The van der Waals surface area contributed by atoms with Gasteiger partial charge in [-0.2, -0.15) is 0 Å². The van der Waals surface area contributed by atoms with E-state index in [4.69, 9.17) is 14.6 Å². The number of rotatable bonds is 4. The molecule has 0 spiro atoms. The van der Waals surface area contributed by atoms with E-state index in [1.807, 2.05) is 6.07 Å². The Kier molecular flexibility index (Phi) is 6.64. The van der Waals surface area contributed by atoms with Crippen molar-refractivity contribution >= 4 is 23.8 Å². The quantitative estimate of drug-likeness (QED) is 0.768. The molecule has 0 aliphatic heterocycles. The second-order valence-electron chi connectivity index (χ2n) is 8.15. The average Bonchev–Trinajstić information content (AvgIpc) is 2.42. The van der Waals surface area contributed by atoms with E-state index < -0.39 is 29.4 Å². The number of amides is 2. The molecule has 2 amide bonds. The Morgan fingerprint density at radius 3 is 2.04 bits per heavy atom. The minimum Gasteiger partial charge on any atom is -0.450 e. The fourth-order valence-electron chi connectivity index (χ4n) is 2.83. The molecule has 0 bridgehead atoms. The number of nitrogens with zero attached hydrogens (tertiary/aromatic N) is 1. The Labute approximate surface area is 160 Å². The van der Waals surface area contributed by atoms with E-state index in [1.165, 1.54) is 6.92 Å². The molecule has 0 saturated carbocycles. The highest BCUT2D eigenvalue weighted by atomic mass is 16.7. The summed E-state index contributed by atoms with van der Waals surface area (Å²) in [6.45, 7) is 13.4. The summed E-state index contributed by atoms with van der Waals surface area (Å²) in [6.07, 6.45) is -1.82. The fourth-order valence-corrected chi connectivity index (χ4v) is 2.83. The van der Waals surface area contributed by atoms with E-state index in [9.17, 15) is 14.4 Å². The van der Waals surface area contributed by atoms with Gasteiger partial charge in [0.1, 0.15) is 11.2 Å². The van der Waals surface area contributed by atoms with Gasteiger partial charge in [0.2, 0.25) is 5.91 Å². The number of carbonyl (C=O) groups is 3. The molecule has 0 aliphatic rings. The Balaban J connectivity index is 3.39. The van der Waals surface area contributed by atoms with Crippen LogP contribution in [0.25, 0.3) is 0 Å². The van der Waals surface area contributed by atoms with Crippen molar-refractivity contribution in [2.75, 3.05) is 4.90 Å². The number of ether oxygens (including phenoxy) is 2. The predicted octanol–water partition coefficient (Wildman–Crippen LogP) is 4.61. The Morgan fingerprint density at radius 2 is 1.59 bits per heavy atom. The van der Waals surface area contributed by atoms with Crippen LogP contribution in [0.4, 0.5) is 15.3 Å². The van der Waals surface area contributed by atoms with Gasteiger partial charge < -0.3 is 14.6 Å². The molecule has 1 N–H and O–H groups in total. The summed E-state index contributed by atoms with van der Waals surface area (Å²) in [5.41, 5.74) is 0.932. The van der Waals surface area contributed by atoms with Crippen molar-refractivity contribution in [3.8, 4) is 0 Å². The van der Waals surface area contributed by atoms with Crippen molar-refractivity contribution in [3.63, 3.8) is 0 Å². The van der Waals surface area contributed by atoms with Gasteiger partial charge in [-0.3, -0.25) is 4.79 Å². The molecule has 0 aromatic heterocycles. The molecule has 0 fully saturated rings. The third-order valence-electron chi connectivity index (χ3n) is 3.84. The van der Waals surface area contributed by atoms with Gasteiger partial charge in [0.25, 0.3) is 0 Å². The number of carboxylic acid groups (broad SMARTS) is 1. The normalized spacial score (nSPS) is 11.7. The first-order valence-electron chi connectivity index (χ1n) is 8.69. The first kappa shape index (κ1) is 22.5. The highest BCUT2D eigenvalue weighted by Gasteiger charge is 2.31. The van der Waals surface area contributed by atoms with Crippen LogP contribution in [0.3, 0.4) is 0 Å². The summed E-state index contributed by atoms with van der Waals surface area (Å²) in [7, 11) is 0. The SMILES string of the molecule is CC(=O)N(C(=O)OC(C)(C)C)c1c(C)ccc(CC(C)(C)OC(=O)O)c1C. The molecule has 1 rings (SSSR count). The Hall–Kier alpha value is -2.57. The number of anilines is 1. The highest BCUT2D eigenvalue weighted by molar-refractivity contribution is 6.12. The first-order chi connectivity index (χ1) is 12.1. The van der Waals surface area contributed by atoms with Gasteiger partial charge in [0.15, 0.2) is 0 Å². The van der Waals surface area contributed by atoms with Crippen LogP contribution in [0, 0.1) is 13.8 Å². The van der Waals surface area contributed by atoms with Gasteiger partial charge in [-0.25, -0.2) is 14.5 Å². The molecule has 0 aliphatic carbocycles. The number of aryl methyl sites for hydroxylation is 1. The van der Waals surface area contributed by atoms with Gasteiger partial charge >= 0.3 is 12.2 Å². The van der Waals surface area contributed by atoms with Crippen molar-refractivity contribution in [1.29, 1.82) is 0 Å². The Morgan fingerprint density at radius 1 is 1.04 bits per heavy atom. The summed E-state index contributed by atoms with van der Waals surface area (Å²) in [5.74, 6) is -0.464. The van der Waals surface area contributed by atoms with Crippen molar-refractivity contribution < 1.29 is 29.0 Å². The fraction of sp³-hybridized carbons (Fsp3) is 0.550. The monoisotopic (exact) mass is 379 g/mol. The molecule has 0 saturated heterocycles.